The Hall–Kier alpha value is -1.94. The van der Waals surface area contributed by atoms with Gasteiger partial charge in [0.05, 0.1) is 26.4 Å². The fourth-order valence-electron chi connectivity index (χ4n) is 9.11. The number of rotatable bonds is 61. The molecule has 3 N–H and O–H groups in total. The van der Waals surface area contributed by atoms with Gasteiger partial charge in [-0.1, -0.05) is 253 Å². The van der Waals surface area contributed by atoms with Crippen molar-refractivity contribution in [3.63, 3.8) is 0 Å². The Labute approximate surface area is 492 Å². The van der Waals surface area contributed by atoms with Crippen LogP contribution in [-0.2, 0) is 65.4 Å². The zero-order valence-corrected chi connectivity index (χ0v) is 53.9. The van der Waals surface area contributed by atoms with Gasteiger partial charge in [0.15, 0.2) is 12.2 Å². The Kier molecular flexibility index (Phi) is 53.4. The van der Waals surface area contributed by atoms with Crippen LogP contribution < -0.4 is 0 Å². The molecule has 0 aliphatic heterocycles. The highest BCUT2D eigenvalue weighted by molar-refractivity contribution is 7.47. The van der Waals surface area contributed by atoms with Crippen LogP contribution in [0.1, 0.15) is 305 Å². The molecule has 0 saturated heterocycles. The lowest BCUT2D eigenvalue weighted by Gasteiger charge is -2.21. The summed E-state index contributed by atoms with van der Waals surface area (Å²) in [6.45, 7) is 9.35. The molecule has 0 spiro atoms. The van der Waals surface area contributed by atoms with E-state index in [-0.39, 0.29) is 25.7 Å². The van der Waals surface area contributed by atoms with E-state index in [4.69, 9.17) is 37.0 Å². The molecule has 0 aliphatic rings. The zero-order chi connectivity index (χ0) is 60.1. The van der Waals surface area contributed by atoms with Gasteiger partial charge in [0, 0.05) is 25.7 Å². The van der Waals surface area contributed by atoms with E-state index in [0.717, 1.165) is 108 Å². The molecule has 0 heterocycles. The van der Waals surface area contributed by atoms with E-state index in [9.17, 15) is 43.2 Å². The maximum Gasteiger partial charge on any atom is 0.472 e. The van der Waals surface area contributed by atoms with Crippen LogP contribution >= 0.6 is 15.6 Å². The number of hydrogen-bond donors (Lipinski definition) is 3. The fourth-order valence-corrected chi connectivity index (χ4v) is 10.7. The number of phosphoric acid groups is 2. The molecule has 0 fully saturated rings. The second kappa shape index (κ2) is 54.7. The minimum absolute atomic E-state index is 0.102. The van der Waals surface area contributed by atoms with E-state index in [1.165, 1.54) is 116 Å². The van der Waals surface area contributed by atoms with E-state index < -0.39 is 97.5 Å². The number of ether oxygens (including phenoxy) is 4. The normalized spacial score (nSPS) is 15.0. The van der Waals surface area contributed by atoms with E-state index in [0.29, 0.717) is 25.7 Å². The molecule has 0 radical (unpaired) electrons. The van der Waals surface area contributed by atoms with Crippen molar-refractivity contribution in [2.75, 3.05) is 39.6 Å². The van der Waals surface area contributed by atoms with Crippen LogP contribution in [0.4, 0.5) is 0 Å². The first-order valence-corrected chi connectivity index (χ1v) is 35.6. The molecular weight excluding hydrogens is 1080 g/mol. The average Bonchev–Trinajstić information content (AvgIpc) is 3.44. The molecule has 0 saturated carbocycles. The summed E-state index contributed by atoms with van der Waals surface area (Å²) in [5.74, 6) is -0.650. The van der Waals surface area contributed by atoms with Gasteiger partial charge in [-0.05, 0) is 37.5 Å². The van der Waals surface area contributed by atoms with Gasteiger partial charge in [-0.15, -0.1) is 0 Å². The molecule has 81 heavy (non-hydrogen) atoms. The summed E-state index contributed by atoms with van der Waals surface area (Å²) in [4.78, 5) is 71.9. The molecule has 4 unspecified atom stereocenters. The first kappa shape index (κ1) is 79.1. The first-order valence-electron chi connectivity index (χ1n) is 32.6. The van der Waals surface area contributed by atoms with Gasteiger partial charge in [-0.3, -0.25) is 37.3 Å². The van der Waals surface area contributed by atoms with Gasteiger partial charge < -0.3 is 33.8 Å². The van der Waals surface area contributed by atoms with Crippen molar-refractivity contribution < 1.29 is 80.2 Å². The number of unbranched alkanes of at least 4 members (excludes halogenated alkanes) is 29. The largest absolute Gasteiger partial charge is 0.472 e. The Morgan fingerprint density at radius 3 is 0.877 bits per heavy atom. The summed E-state index contributed by atoms with van der Waals surface area (Å²) in [5.41, 5.74) is 0. The van der Waals surface area contributed by atoms with Gasteiger partial charge in [-0.2, -0.15) is 0 Å². The number of carbonyl (C=O) groups excluding carboxylic acids is 4. The van der Waals surface area contributed by atoms with Crippen LogP contribution in [0.2, 0.25) is 0 Å². The van der Waals surface area contributed by atoms with Gasteiger partial charge in [0.1, 0.15) is 19.3 Å². The second-order valence-corrected chi connectivity index (χ2v) is 25.8. The Balaban J connectivity index is 5.20. The van der Waals surface area contributed by atoms with Crippen LogP contribution in [0, 0.1) is 11.8 Å². The van der Waals surface area contributed by atoms with Crippen molar-refractivity contribution in [2.45, 2.75) is 323 Å². The number of phosphoric ester groups is 2. The highest BCUT2D eigenvalue weighted by Crippen LogP contribution is 2.45. The van der Waals surface area contributed by atoms with Crippen LogP contribution in [0.3, 0.4) is 0 Å². The minimum Gasteiger partial charge on any atom is -0.462 e. The molecule has 480 valence electrons. The highest BCUT2D eigenvalue weighted by Gasteiger charge is 2.30. The van der Waals surface area contributed by atoms with Gasteiger partial charge in [0.25, 0.3) is 0 Å². The third kappa shape index (κ3) is 54.5. The van der Waals surface area contributed by atoms with Crippen LogP contribution in [0.15, 0.2) is 0 Å². The molecule has 0 aromatic heterocycles. The van der Waals surface area contributed by atoms with Gasteiger partial charge in [0.2, 0.25) is 0 Å². The van der Waals surface area contributed by atoms with Crippen LogP contribution in [-0.4, -0.2) is 96.7 Å². The molecule has 0 rings (SSSR count). The van der Waals surface area contributed by atoms with Crippen molar-refractivity contribution >= 4 is 39.5 Å². The predicted octanol–water partition coefficient (Wildman–Crippen LogP) is 16.9. The van der Waals surface area contributed by atoms with E-state index in [1.54, 1.807) is 0 Å². The summed E-state index contributed by atoms with van der Waals surface area (Å²) in [6.07, 6.45) is 36.5. The summed E-state index contributed by atoms with van der Waals surface area (Å²) in [7, 11) is -9.88. The molecule has 0 aliphatic carbocycles. The van der Waals surface area contributed by atoms with Crippen molar-refractivity contribution in [3.05, 3.63) is 0 Å². The lowest BCUT2D eigenvalue weighted by molar-refractivity contribution is -0.161. The molecule has 0 aromatic rings. The predicted molar refractivity (Wildman–Crippen MR) is 321 cm³/mol. The Bertz CT molecular complexity index is 1600. The molecular formula is C62H120O17P2. The standard InChI is InChI=1S/C62H120O17P2/c1-7-11-13-15-16-17-18-19-20-21-22-27-34-40-46-61(66)78-58(51-73-60(65)45-39-33-26-24-23-25-31-36-42-54(5)9-3)53-77-81(70,71)75-49-56(63)48-74-80(68,69)76-52-57(50-72-59(64)44-38-30-14-12-8-2)79-62(67)47-41-35-29-28-32-37-43-55(6)10-4/h54-58,63H,7-53H2,1-6H3,(H,68,69)(H,70,71)/t54?,55?,56-,57+,58+/m0/s1. The lowest BCUT2D eigenvalue weighted by Crippen LogP contribution is -2.30. The Morgan fingerprint density at radius 2 is 0.593 bits per heavy atom. The first-order chi connectivity index (χ1) is 38.9. The maximum absolute atomic E-state index is 13.0. The zero-order valence-electron chi connectivity index (χ0n) is 52.1. The number of esters is 4. The van der Waals surface area contributed by atoms with Crippen molar-refractivity contribution in [2.24, 2.45) is 11.8 Å². The Morgan fingerprint density at radius 1 is 0.346 bits per heavy atom. The summed E-state index contributed by atoms with van der Waals surface area (Å²) >= 11 is 0. The molecule has 7 atom stereocenters. The topological polar surface area (TPSA) is 237 Å². The molecule has 19 heteroatoms. The average molecular weight is 1200 g/mol. The number of aliphatic hydroxyl groups excluding tert-OH is 1. The van der Waals surface area contributed by atoms with Crippen LogP contribution in [0.5, 0.6) is 0 Å². The molecule has 0 aromatic carbocycles. The molecule has 0 bridgehead atoms. The third-order valence-electron chi connectivity index (χ3n) is 14.9. The van der Waals surface area contributed by atoms with Crippen molar-refractivity contribution in [3.8, 4) is 0 Å². The van der Waals surface area contributed by atoms with Crippen molar-refractivity contribution in [1.82, 2.24) is 0 Å². The molecule has 17 nitrogen and oxygen atoms in total. The van der Waals surface area contributed by atoms with Gasteiger partial charge in [-0.25, -0.2) is 9.13 Å². The number of hydrogen-bond acceptors (Lipinski definition) is 15. The van der Waals surface area contributed by atoms with Crippen molar-refractivity contribution in [1.29, 1.82) is 0 Å². The second-order valence-electron chi connectivity index (χ2n) is 22.9. The summed E-state index contributed by atoms with van der Waals surface area (Å²) in [5, 5.41) is 10.5. The lowest BCUT2D eigenvalue weighted by atomic mass is 9.99. The fraction of sp³-hybridized carbons (Fsp3) is 0.935. The van der Waals surface area contributed by atoms with E-state index in [1.807, 2.05) is 0 Å². The minimum atomic E-state index is -4.94. The third-order valence-corrected chi connectivity index (χ3v) is 16.8. The van der Waals surface area contributed by atoms with E-state index in [2.05, 4.69) is 41.5 Å². The summed E-state index contributed by atoms with van der Waals surface area (Å²) in [6, 6.07) is 0. The maximum atomic E-state index is 13.0. The number of aliphatic hydroxyl groups is 1. The molecule has 0 amide bonds. The number of carbonyl (C=O) groups is 4. The summed E-state index contributed by atoms with van der Waals surface area (Å²) < 4.78 is 67.7. The SMILES string of the molecule is CCCCCCCCCCCCCCCCC(=O)O[C@H](COC(=O)CCCCCCCCCCC(C)CC)COP(=O)(O)OC[C@@H](O)COP(=O)(O)OC[C@@H](COC(=O)CCCCCCC)OC(=O)CCCCCCCCC(C)CC. The quantitative estimate of drug-likeness (QED) is 0.0222. The van der Waals surface area contributed by atoms with E-state index >= 15 is 0 Å². The van der Waals surface area contributed by atoms with Crippen LogP contribution in [0.25, 0.3) is 0 Å². The van der Waals surface area contributed by atoms with Gasteiger partial charge >= 0.3 is 39.5 Å². The highest BCUT2D eigenvalue weighted by atomic mass is 31.2. The monoisotopic (exact) mass is 1200 g/mol. The smallest absolute Gasteiger partial charge is 0.462 e.